The standard InChI is InChI=1S/C18H24N4O2/c1-14(5-6-16-4-2-13-24-16)21-17(23)15-7-11-22(12-8-15)18-19-9-3-10-20-18/h2-4,9-10,13-15H,5-8,11-12H2,1H3,(H,21,23)/t14-/m1/s1. The van der Waals surface area contributed by atoms with Crippen LogP contribution in [0.5, 0.6) is 0 Å². The fourth-order valence-electron chi connectivity index (χ4n) is 3.04. The van der Waals surface area contributed by atoms with Crippen LogP contribution in [0.15, 0.2) is 41.3 Å². The van der Waals surface area contributed by atoms with Crippen LogP contribution in [0, 0.1) is 5.92 Å². The van der Waals surface area contributed by atoms with Gasteiger partial charge in [0.15, 0.2) is 0 Å². The van der Waals surface area contributed by atoms with Gasteiger partial charge in [0.25, 0.3) is 0 Å². The molecule has 0 bridgehead atoms. The third-order valence-corrected chi connectivity index (χ3v) is 4.49. The summed E-state index contributed by atoms with van der Waals surface area (Å²) in [7, 11) is 0. The highest BCUT2D eigenvalue weighted by Gasteiger charge is 2.26. The maximum Gasteiger partial charge on any atom is 0.225 e. The second-order valence-electron chi connectivity index (χ2n) is 6.34. The van der Waals surface area contributed by atoms with Crippen LogP contribution < -0.4 is 10.2 Å². The van der Waals surface area contributed by atoms with E-state index in [-0.39, 0.29) is 17.9 Å². The quantitative estimate of drug-likeness (QED) is 0.882. The average molecular weight is 328 g/mol. The van der Waals surface area contributed by atoms with E-state index in [4.69, 9.17) is 4.42 Å². The van der Waals surface area contributed by atoms with Gasteiger partial charge in [-0.2, -0.15) is 0 Å². The number of nitrogens with one attached hydrogen (secondary N) is 1. The number of hydrogen-bond donors (Lipinski definition) is 1. The predicted molar refractivity (Wildman–Crippen MR) is 91.6 cm³/mol. The summed E-state index contributed by atoms with van der Waals surface area (Å²) >= 11 is 0. The Hall–Kier alpha value is -2.37. The van der Waals surface area contributed by atoms with Gasteiger partial charge in [-0.25, -0.2) is 9.97 Å². The molecule has 1 saturated heterocycles. The number of furan rings is 1. The lowest BCUT2D eigenvalue weighted by atomic mass is 9.95. The normalized spacial score (nSPS) is 16.8. The molecule has 0 spiro atoms. The Labute approximate surface area is 142 Å². The highest BCUT2D eigenvalue weighted by molar-refractivity contribution is 5.79. The van der Waals surface area contributed by atoms with Gasteiger partial charge in [0, 0.05) is 43.9 Å². The number of aryl methyl sites for hydroxylation is 1. The van der Waals surface area contributed by atoms with Crippen LogP contribution in [0.1, 0.15) is 31.9 Å². The summed E-state index contributed by atoms with van der Waals surface area (Å²) in [6.07, 6.45) is 8.60. The Morgan fingerprint density at radius 1 is 1.33 bits per heavy atom. The molecule has 0 saturated carbocycles. The molecule has 1 N–H and O–H groups in total. The molecule has 1 amide bonds. The van der Waals surface area contributed by atoms with Crippen LogP contribution in [0.4, 0.5) is 5.95 Å². The summed E-state index contributed by atoms with van der Waals surface area (Å²) in [5, 5.41) is 3.14. The van der Waals surface area contributed by atoms with Crippen molar-refractivity contribution in [3.8, 4) is 0 Å². The summed E-state index contributed by atoms with van der Waals surface area (Å²) in [4.78, 5) is 23.1. The highest BCUT2D eigenvalue weighted by atomic mass is 16.3. The van der Waals surface area contributed by atoms with E-state index in [0.717, 1.165) is 50.5 Å². The minimum Gasteiger partial charge on any atom is -0.469 e. The lowest BCUT2D eigenvalue weighted by molar-refractivity contribution is -0.126. The van der Waals surface area contributed by atoms with Crippen molar-refractivity contribution in [2.45, 2.75) is 38.6 Å². The Bertz CT molecular complexity index is 622. The van der Waals surface area contributed by atoms with Crippen molar-refractivity contribution in [2.75, 3.05) is 18.0 Å². The van der Waals surface area contributed by atoms with Crippen molar-refractivity contribution in [3.05, 3.63) is 42.6 Å². The number of anilines is 1. The van der Waals surface area contributed by atoms with Gasteiger partial charge in [-0.15, -0.1) is 0 Å². The topological polar surface area (TPSA) is 71.3 Å². The molecule has 0 unspecified atom stereocenters. The van der Waals surface area contributed by atoms with Gasteiger partial charge in [0.2, 0.25) is 11.9 Å². The number of nitrogens with zero attached hydrogens (tertiary/aromatic N) is 3. The zero-order chi connectivity index (χ0) is 16.8. The number of aromatic nitrogens is 2. The molecule has 2 aromatic rings. The molecule has 0 radical (unpaired) electrons. The van der Waals surface area contributed by atoms with Crippen molar-refractivity contribution in [3.63, 3.8) is 0 Å². The largest absolute Gasteiger partial charge is 0.469 e. The Morgan fingerprint density at radius 2 is 2.08 bits per heavy atom. The first-order valence-corrected chi connectivity index (χ1v) is 8.57. The molecular formula is C18H24N4O2. The first-order valence-electron chi connectivity index (χ1n) is 8.57. The van der Waals surface area contributed by atoms with E-state index in [0.29, 0.717) is 0 Å². The first-order chi connectivity index (χ1) is 11.7. The molecule has 24 heavy (non-hydrogen) atoms. The minimum atomic E-state index is 0.0797. The van der Waals surface area contributed by atoms with Crippen LogP contribution >= 0.6 is 0 Å². The summed E-state index contributed by atoms with van der Waals surface area (Å²) in [5.41, 5.74) is 0. The fourth-order valence-corrected chi connectivity index (χ4v) is 3.04. The molecule has 1 fully saturated rings. The van der Waals surface area contributed by atoms with E-state index < -0.39 is 0 Å². The molecule has 1 aliphatic rings. The van der Waals surface area contributed by atoms with Gasteiger partial charge >= 0.3 is 0 Å². The van der Waals surface area contributed by atoms with Crippen LogP contribution in [0.3, 0.4) is 0 Å². The first kappa shape index (κ1) is 16.5. The third-order valence-electron chi connectivity index (χ3n) is 4.49. The maximum atomic E-state index is 12.4. The molecule has 2 aromatic heterocycles. The Morgan fingerprint density at radius 3 is 2.75 bits per heavy atom. The third kappa shape index (κ3) is 4.34. The van der Waals surface area contributed by atoms with E-state index in [1.165, 1.54) is 0 Å². The molecule has 128 valence electrons. The van der Waals surface area contributed by atoms with Crippen molar-refractivity contribution < 1.29 is 9.21 Å². The van der Waals surface area contributed by atoms with Gasteiger partial charge in [0.05, 0.1) is 6.26 Å². The second-order valence-corrected chi connectivity index (χ2v) is 6.34. The van der Waals surface area contributed by atoms with Gasteiger partial charge < -0.3 is 14.6 Å². The number of amides is 1. The van der Waals surface area contributed by atoms with Crippen molar-refractivity contribution in [2.24, 2.45) is 5.92 Å². The Kier molecular flexibility index (Phi) is 5.46. The van der Waals surface area contributed by atoms with E-state index >= 15 is 0 Å². The highest BCUT2D eigenvalue weighted by Crippen LogP contribution is 2.20. The molecule has 3 rings (SSSR count). The number of rotatable bonds is 6. The zero-order valence-electron chi connectivity index (χ0n) is 14.0. The second kappa shape index (κ2) is 7.95. The molecule has 3 heterocycles. The number of hydrogen-bond acceptors (Lipinski definition) is 5. The number of piperidine rings is 1. The minimum absolute atomic E-state index is 0.0797. The van der Waals surface area contributed by atoms with Gasteiger partial charge in [-0.05, 0) is 44.4 Å². The average Bonchev–Trinajstić information content (AvgIpc) is 3.14. The molecule has 1 atom stereocenters. The van der Waals surface area contributed by atoms with Gasteiger partial charge in [0.1, 0.15) is 5.76 Å². The molecule has 0 aromatic carbocycles. The predicted octanol–water partition coefficient (Wildman–Crippen LogP) is 2.42. The molecule has 6 heteroatoms. The van der Waals surface area contributed by atoms with E-state index in [9.17, 15) is 4.79 Å². The lowest BCUT2D eigenvalue weighted by Gasteiger charge is -2.31. The molecule has 0 aliphatic carbocycles. The zero-order valence-corrected chi connectivity index (χ0v) is 14.0. The summed E-state index contributed by atoms with van der Waals surface area (Å²) < 4.78 is 5.33. The summed E-state index contributed by atoms with van der Waals surface area (Å²) in [5.74, 6) is 1.96. The van der Waals surface area contributed by atoms with Crippen LogP contribution in [0.25, 0.3) is 0 Å². The van der Waals surface area contributed by atoms with E-state index in [1.54, 1.807) is 18.7 Å². The number of carbonyl (C=O) groups is 1. The summed E-state index contributed by atoms with van der Waals surface area (Å²) in [6.45, 7) is 3.69. The monoisotopic (exact) mass is 328 g/mol. The van der Waals surface area contributed by atoms with Crippen molar-refractivity contribution in [1.29, 1.82) is 0 Å². The molecule has 6 nitrogen and oxygen atoms in total. The van der Waals surface area contributed by atoms with Crippen LogP contribution in [-0.2, 0) is 11.2 Å². The smallest absolute Gasteiger partial charge is 0.225 e. The molecular weight excluding hydrogens is 304 g/mol. The SMILES string of the molecule is C[C@H](CCc1ccco1)NC(=O)C1CCN(c2ncccn2)CC1. The van der Waals surface area contributed by atoms with E-state index in [1.807, 2.05) is 25.1 Å². The van der Waals surface area contributed by atoms with Gasteiger partial charge in [-0.1, -0.05) is 0 Å². The van der Waals surface area contributed by atoms with E-state index in [2.05, 4.69) is 20.2 Å². The maximum absolute atomic E-state index is 12.4. The lowest BCUT2D eigenvalue weighted by Crippen LogP contribution is -2.43. The van der Waals surface area contributed by atoms with Gasteiger partial charge in [-0.3, -0.25) is 4.79 Å². The summed E-state index contributed by atoms with van der Waals surface area (Å²) in [6, 6.07) is 5.82. The van der Waals surface area contributed by atoms with Crippen molar-refractivity contribution >= 4 is 11.9 Å². The van der Waals surface area contributed by atoms with Crippen LogP contribution in [0.2, 0.25) is 0 Å². The van der Waals surface area contributed by atoms with Crippen LogP contribution in [-0.4, -0.2) is 35.0 Å². The Balaban J connectivity index is 1.41. The molecule has 1 aliphatic heterocycles. The number of carbonyl (C=O) groups excluding carboxylic acids is 1. The van der Waals surface area contributed by atoms with Crippen molar-refractivity contribution in [1.82, 2.24) is 15.3 Å². The fraction of sp³-hybridized carbons (Fsp3) is 0.500.